The molecule has 170 valence electrons. The van der Waals surface area contributed by atoms with Gasteiger partial charge >= 0.3 is 5.97 Å². The number of carboxylic acids is 1. The monoisotopic (exact) mass is 431 g/mol. The third-order valence-corrected chi connectivity index (χ3v) is 5.87. The number of nitrogens with zero attached hydrogens (tertiary/aromatic N) is 1. The fourth-order valence-electron chi connectivity index (χ4n) is 4.10. The number of carbonyl (C=O) groups is 1. The van der Waals surface area contributed by atoms with Crippen molar-refractivity contribution in [3.63, 3.8) is 0 Å². The van der Waals surface area contributed by atoms with Gasteiger partial charge in [-0.1, -0.05) is 25.1 Å². The Morgan fingerprint density at radius 1 is 1.23 bits per heavy atom. The molecule has 1 unspecified atom stereocenters. The predicted octanol–water partition coefficient (Wildman–Crippen LogP) is 4.46. The van der Waals surface area contributed by atoms with Crippen LogP contribution in [0.2, 0.25) is 0 Å². The number of aromatic nitrogens is 1. The zero-order valence-corrected chi connectivity index (χ0v) is 18.8. The van der Waals surface area contributed by atoms with E-state index in [1.54, 1.807) is 0 Å². The first-order valence-electron chi connectivity index (χ1n) is 11.0. The summed E-state index contributed by atoms with van der Waals surface area (Å²) >= 11 is 0. The smallest absolute Gasteiger partial charge is 0.335 e. The third kappa shape index (κ3) is 5.93. The molecule has 1 saturated carbocycles. The Morgan fingerprint density at radius 2 is 1.90 bits per heavy atom. The van der Waals surface area contributed by atoms with Crippen molar-refractivity contribution in [3.8, 4) is 11.5 Å². The van der Waals surface area contributed by atoms with Crippen molar-refractivity contribution >= 4 is 5.97 Å². The number of methoxy groups -OCH3 is 1. The van der Waals surface area contributed by atoms with E-state index in [2.05, 4.69) is 32.9 Å². The Hall–Kier alpha value is -2.22. The van der Waals surface area contributed by atoms with Crippen LogP contribution in [0.1, 0.15) is 55.2 Å². The fourth-order valence-corrected chi connectivity index (χ4v) is 4.10. The number of aliphatic carboxylic acids is 1. The number of rotatable bonds is 10. The number of hydrogen-bond donors (Lipinski definition) is 1. The van der Waals surface area contributed by atoms with Crippen LogP contribution in [0.15, 0.2) is 22.6 Å². The zero-order chi connectivity index (χ0) is 22.4. The molecule has 1 heterocycles. The predicted molar refractivity (Wildman–Crippen MR) is 116 cm³/mol. The van der Waals surface area contributed by atoms with Crippen LogP contribution in [0.3, 0.4) is 0 Å². The van der Waals surface area contributed by atoms with Crippen LogP contribution in [0, 0.1) is 13.8 Å². The number of ether oxygens (including phenoxy) is 3. The van der Waals surface area contributed by atoms with Crippen molar-refractivity contribution < 1.29 is 28.5 Å². The Morgan fingerprint density at radius 3 is 2.52 bits per heavy atom. The van der Waals surface area contributed by atoms with Gasteiger partial charge in [-0.3, -0.25) is 0 Å². The number of carboxylic acid groups (broad SMARTS) is 1. The molecule has 0 spiro atoms. The summed E-state index contributed by atoms with van der Waals surface area (Å²) in [7, 11) is 1.38. The van der Waals surface area contributed by atoms with E-state index < -0.39 is 12.1 Å². The molecular weight excluding hydrogens is 398 g/mol. The van der Waals surface area contributed by atoms with Crippen molar-refractivity contribution in [3.05, 3.63) is 40.8 Å². The molecule has 0 bridgehead atoms. The highest BCUT2D eigenvalue weighted by Gasteiger charge is 2.26. The minimum absolute atomic E-state index is 0.0242. The van der Waals surface area contributed by atoms with Crippen molar-refractivity contribution in [2.75, 3.05) is 13.7 Å². The van der Waals surface area contributed by atoms with Crippen LogP contribution >= 0.6 is 0 Å². The van der Waals surface area contributed by atoms with Crippen molar-refractivity contribution in [2.45, 2.75) is 77.8 Å². The maximum atomic E-state index is 11.1. The summed E-state index contributed by atoms with van der Waals surface area (Å²) in [6.07, 6.45) is 3.41. The van der Waals surface area contributed by atoms with Crippen LogP contribution in [-0.2, 0) is 32.0 Å². The summed E-state index contributed by atoms with van der Waals surface area (Å²) in [4.78, 5) is 15.8. The summed E-state index contributed by atoms with van der Waals surface area (Å²) in [6.45, 7) is 6.62. The van der Waals surface area contributed by atoms with Crippen LogP contribution in [-0.4, -0.2) is 48.1 Å². The highest BCUT2D eigenvalue weighted by atomic mass is 16.5. The maximum Gasteiger partial charge on any atom is 0.335 e. The molecule has 0 amide bonds. The molecule has 3 rings (SSSR count). The lowest BCUT2D eigenvalue weighted by molar-refractivity contribution is -0.155. The van der Waals surface area contributed by atoms with Crippen LogP contribution < -0.4 is 0 Å². The highest BCUT2D eigenvalue weighted by Crippen LogP contribution is 2.30. The van der Waals surface area contributed by atoms with Gasteiger partial charge in [-0.2, -0.15) is 0 Å². The standard InChI is InChI=1S/C24H33NO6/c1-5-20-19(25-23(31-20)22-15(2)8-6-9-16(22)3)13-29-17-10-7-11-18(12-17)30-14-21(28-4)24(26)27/h6,8-9,17-18,21H,5,7,10-14H2,1-4H3,(H,26,27)/t17-,18+,21?/m0/s1. The largest absolute Gasteiger partial charge is 0.479 e. The number of oxazole rings is 1. The third-order valence-electron chi connectivity index (χ3n) is 5.87. The normalized spacial score (nSPS) is 20.0. The summed E-state index contributed by atoms with van der Waals surface area (Å²) in [5.74, 6) is 0.491. The first kappa shape index (κ1) is 23.4. The SMILES string of the molecule is CCc1oc(-c2c(C)cccc2C)nc1CO[C@H]1CCC[C@@H](OCC(OC)C(=O)O)C1. The van der Waals surface area contributed by atoms with Crippen molar-refractivity contribution in [2.24, 2.45) is 0 Å². The minimum Gasteiger partial charge on any atom is -0.479 e. The molecule has 1 aliphatic rings. The Balaban J connectivity index is 1.60. The van der Waals surface area contributed by atoms with E-state index in [1.165, 1.54) is 7.11 Å². The van der Waals surface area contributed by atoms with Crippen molar-refractivity contribution in [1.29, 1.82) is 0 Å². The van der Waals surface area contributed by atoms with Gasteiger partial charge in [0.15, 0.2) is 6.10 Å². The lowest BCUT2D eigenvalue weighted by Crippen LogP contribution is -2.34. The average molecular weight is 432 g/mol. The summed E-state index contributed by atoms with van der Waals surface area (Å²) in [5.41, 5.74) is 4.16. The Bertz CT molecular complexity index is 857. The van der Waals surface area contributed by atoms with Gasteiger partial charge in [-0.25, -0.2) is 9.78 Å². The quantitative estimate of drug-likeness (QED) is 0.594. The lowest BCUT2D eigenvalue weighted by atomic mass is 9.95. The first-order valence-corrected chi connectivity index (χ1v) is 11.0. The van der Waals surface area contributed by atoms with Gasteiger partial charge in [0.1, 0.15) is 11.5 Å². The second-order valence-electron chi connectivity index (χ2n) is 8.13. The van der Waals surface area contributed by atoms with E-state index in [9.17, 15) is 4.79 Å². The summed E-state index contributed by atoms with van der Waals surface area (Å²) < 4.78 is 23.0. The van der Waals surface area contributed by atoms with Crippen LogP contribution in [0.25, 0.3) is 11.5 Å². The van der Waals surface area contributed by atoms with E-state index >= 15 is 0 Å². The van der Waals surface area contributed by atoms with Crippen LogP contribution in [0.4, 0.5) is 0 Å². The molecule has 1 fully saturated rings. The molecular formula is C24H33NO6. The van der Waals surface area contributed by atoms with Gasteiger partial charge in [0.05, 0.1) is 25.4 Å². The zero-order valence-electron chi connectivity index (χ0n) is 18.8. The molecule has 7 nitrogen and oxygen atoms in total. The average Bonchev–Trinajstić information content (AvgIpc) is 3.15. The van der Waals surface area contributed by atoms with Gasteiger partial charge < -0.3 is 23.7 Å². The Kier molecular flexibility index (Phi) is 8.23. The molecule has 31 heavy (non-hydrogen) atoms. The number of hydrogen-bond acceptors (Lipinski definition) is 6. The number of benzene rings is 1. The molecule has 7 heteroatoms. The molecule has 1 aliphatic carbocycles. The van der Waals surface area contributed by atoms with Gasteiger partial charge in [-0.15, -0.1) is 0 Å². The van der Waals surface area contributed by atoms with Gasteiger partial charge in [-0.05, 0) is 50.7 Å². The molecule has 1 aromatic heterocycles. The minimum atomic E-state index is -1.01. The second kappa shape index (κ2) is 10.9. The van der Waals surface area contributed by atoms with E-state index in [0.717, 1.165) is 60.2 Å². The fraction of sp³-hybridized carbons (Fsp3) is 0.583. The van der Waals surface area contributed by atoms with Gasteiger partial charge in [0, 0.05) is 19.1 Å². The molecule has 0 radical (unpaired) electrons. The number of aryl methyl sites for hydroxylation is 3. The van der Waals surface area contributed by atoms with E-state index in [1.807, 2.05) is 6.07 Å². The molecule has 3 atom stereocenters. The molecule has 0 aliphatic heterocycles. The van der Waals surface area contributed by atoms with Gasteiger partial charge in [0.2, 0.25) is 5.89 Å². The lowest BCUT2D eigenvalue weighted by Gasteiger charge is -2.29. The maximum absolute atomic E-state index is 11.1. The van der Waals surface area contributed by atoms with E-state index in [4.69, 9.17) is 28.7 Å². The molecule has 1 aromatic carbocycles. The summed E-state index contributed by atoms with van der Waals surface area (Å²) in [6, 6.07) is 6.17. The molecule has 1 N–H and O–H groups in total. The molecule has 2 aromatic rings. The second-order valence-corrected chi connectivity index (χ2v) is 8.13. The van der Waals surface area contributed by atoms with E-state index in [-0.39, 0.29) is 18.8 Å². The Labute approximate surface area is 183 Å². The summed E-state index contributed by atoms with van der Waals surface area (Å²) in [5, 5.41) is 9.09. The first-order chi connectivity index (χ1) is 14.9. The molecule has 0 saturated heterocycles. The van der Waals surface area contributed by atoms with Crippen molar-refractivity contribution in [1.82, 2.24) is 4.98 Å². The highest BCUT2D eigenvalue weighted by molar-refractivity contribution is 5.72. The van der Waals surface area contributed by atoms with E-state index in [0.29, 0.717) is 12.5 Å². The topological polar surface area (TPSA) is 91.0 Å². The van der Waals surface area contributed by atoms with Crippen LogP contribution in [0.5, 0.6) is 0 Å². The van der Waals surface area contributed by atoms with Gasteiger partial charge in [0.25, 0.3) is 0 Å².